The van der Waals surface area contributed by atoms with E-state index < -0.39 is 11.9 Å². The standard InChI is InChI=1S/C17H15N3O3S2/c1-24-12-5-3-2-4-11(12)19-17(23)20-16-14(15(18)22)10-7-6-9(21)8-13(10)25-16/h2-8,21H,1H3,(H2,18,22)(H2,19,20,23). The molecule has 0 fully saturated rings. The number of primary amides is 1. The predicted octanol–water partition coefficient (Wildman–Crippen LogP) is 4.07. The first-order valence-electron chi connectivity index (χ1n) is 7.26. The van der Waals surface area contributed by atoms with E-state index in [1.54, 1.807) is 12.1 Å². The Balaban J connectivity index is 1.90. The fourth-order valence-electron chi connectivity index (χ4n) is 2.42. The van der Waals surface area contributed by atoms with Crippen molar-refractivity contribution >= 4 is 55.8 Å². The predicted molar refractivity (Wildman–Crippen MR) is 103 cm³/mol. The molecule has 1 heterocycles. The summed E-state index contributed by atoms with van der Waals surface area (Å²) < 4.78 is 0.661. The second kappa shape index (κ2) is 7.04. The van der Waals surface area contributed by atoms with Gasteiger partial charge in [-0.1, -0.05) is 12.1 Å². The van der Waals surface area contributed by atoms with E-state index in [0.717, 1.165) is 4.90 Å². The number of carbonyl (C=O) groups excluding carboxylic acids is 2. The number of fused-ring (bicyclic) bond motifs is 1. The molecule has 8 heteroatoms. The van der Waals surface area contributed by atoms with Crippen molar-refractivity contribution in [1.82, 2.24) is 0 Å². The highest BCUT2D eigenvalue weighted by molar-refractivity contribution is 7.98. The number of phenolic OH excluding ortho intramolecular Hbond substituents is 1. The minimum absolute atomic E-state index is 0.0784. The second-order valence-electron chi connectivity index (χ2n) is 5.13. The third-order valence-electron chi connectivity index (χ3n) is 3.50. The van der Waals surface area contributed by atoms with E-state index in [0.29, 0.717) is 20.8 Å². The zero-order chi connectivity index (χ0) is 18.0. The van der Waals surface area contributed by atoms with E-state index >= 15 is 0 Å². The van der Waals surface area contributed by atoms with Crippen LogP contribution in [0.4, 0.5) is 15.5 Å². The number of para-hydroxylation sites is 1. The summed E-state index contributed by atoms with van der Waals surface area (Å²) >= 11 is 2.69. The van der Waals surface area contributed by atoms with Crippen LogP contribution >= 0.6 is 23.1 Å². The van der Waals surface area contributed by atoms with Gasteiger partial charge in [-0.2, -0.15) is 0 Å². The van der Waals surface area contributed by atoms with Crippen molar-refractivity contribution in [2.24, 2.45) is 5.73 Å². The monoisotopic (exact) mass is 373 g/mol. The Morgan fingerprint density at radius 1 is 1.16 bits per heavy atom. The van der Waals surface area contributed by atoms with E-state index in [9.17, 15) is 14.7 Å². The number of nitrogens with one attached hydrogen (secondary N) is 2. The molecule has 3 amide bonds. The van der Waals surface area contributed by atoms with Gasteiger partial charge in [-0.3, -0.25) is 10.1 Å². The number of nitrogens with two attached hydrogens (primary N) is 1. The summed E-state index contributed by atoms with van der Waals surface area (Å²) in [6.07, 6.45) is 1.92. The highest BCUT2D eigenvalue weighted by atomic mass is 32.2. The summed E-state index contributed by atoms with van der Waals surface area (Å²) in [6, 6.07) is 11.5. The van der Waals surface area contributed by atoms with E-state index in [4.69, 9.17) is 5.73 Å². The third kappa shape index (κ3) is 3.54. The second-order valence-corrected chi connectivity index (χ2v) is 7.03. The van der Waals surface area contributed by atoms with Crippen molar-refractivity contribution in [3.05, 3.63) is 48.0 Å². The van der Waals surface area contributed by atoms with Crippen molar-refractivity contribution < 1.29 is 14.7 Å². The number of hydrogen-bond donors (Lipinski definition) is 4. The van der Waals surface area contributed by atoms with Gasteiger partial charge in [-0.05, 0) is 36.6 Å². The molecule has 0 spiro atoms. The number of aromatic hydroxyl groups is 1. The average molecular weight is 373 g/mol. The lowest BCUT2D eigenvalue weighted by Crippen LogP contribution is -2.21. The number of thioether (sulfide) groups is 1. The first-order chi connectivity index (χ1) is 12.0. The molecule has 0 bridgehead atoms. The largest absolute Gasteiger partial charge is 0.508 e. The van der Waals surface area contributed by atoms with Gasteiger partial charge in [0.25, 0.3) is 5.91 Å². The molecule has 3 rings (SSSR count). The zero-order valence-corrected chi connectivity index (χ0v) is 14.8. The van der Waals surface area contributed by atoms with Crippen LogP contribution in [0.5, 0.6) is 5.75 Å². The summed E-state index contributed by atoms with van der Waals surface area (Å²) in [5.74, 6) is -0.563. The first kappa shape index (κ1) is 17.1. The van der Waals surface area contributed by atoms with Crippen molar-refractivity contribution in [2.45, 2.75) is 4.90 Å². The molecule has 0 radical (unpaired) electrons. The van der Waals surface area contributed by atoms with Gasteiger partial charge in [0.05, 0.1) is 11.3 Å². The van der Waals surface area contributed by atoms with E-state index in [1.165, 1.54) is 35.2 Å². The SMILES string of the molecule is CSc1ccccc1NC(=O)Nc1sc2cc(O)ccc2c1C(N)=O. The molecule has 5 N–H and O–H groups in total. The van der Waals surface area contributed by atoms with Crippen LogP contribution in [-0.2, 0) is 0 Å². The molecule has 2 aromatic carbocycles. The first-order valence-corrected chi connectivity index (χ1v) is 9.30. The fraction of sp³-hybridized carbons (Fsp3) is 0.0588. The quantitative estimate of drug-likeness (QED) is 0.517. The van der Waals surface area contributed by atoms with Gasteiger partial charge >= 0.3 is 6.03 Å². The van der Waals surface area contributed by atoms with Gasteiger partial charge in [0, 0.05) is 15.0 Å². The number of thiophene rings is 1. The number of hydrogen-bond acceptors (Lipinski definition) is 5. The van der Waals surface area contributed by atoms with Crippen LogP contribution in [0.25, 0.3) is 10.1 Å². The average Bonchev–Trinajstić information content (AvgIpc) is 2.92. The van der Waals surface area contributed by atoms with Crippen molar-refractivity contribution in [3.63, 3.8) is 0 Å². The highest BCUT2D eigenvalue weighted by Crippen LogP contribution is 2.37. The number of carbonyl (C=O) groups is 2. The summed E-state index contributed by atoms with van der Waals surface area (Å²) in [5, 5.41) is 16.0. The summed E-state index contributed by atoms with van der Waals surface area (Å²) in [5.41, 5.74) is 6.37. The Morgan fingerprint density at radius 3 is 2.64 bits per heavy atom. The minimum atomic E-state index is -0.642. The number of anilines is 2. The van der Waals surface area contributed by atoms with Crippen LogP contribution in [0.3, 0.4) is 0 Å². The van der Waals surface area contributed by atoms with Gasteiger partial charge in [-0.15, -0.1) is 23.1 Å². The molecule has 1 aromatic heterocycles. The van der Waals surface area contributed by atoms with Crippen molar-refractivity contribution in [2.75, 3.05) is 16.9 Å². The van der Waals surface area contributed by atoms with Crippen LogP contribution in [0, 0.1) is 0 Å². The maximum Gasteiger partial charge on any atom is 0.324 e. The topological polar surface area (TPSA) is 104 Å². The molecule has 128 valence electrons. The highest BCUT2D eigenvalue weighted by Gasteiger charge is 2.19. The van der Waals surface area contributed by atoms with Gasteiger partial charge in [-0.25, -0.2) is 4.79 Å². The zero-order valence-electron chi connectivity index (χ0n) is 13.2. The molecule has 0 atom stereocenters. The van der Waals surface area contributed by atoms with Crippen molar-refractivity contribution in [1.29, 1.82) is 0 Å². The number of urea groups is 1. The van der Waals surface area contributed by atoms with Crippen molar-refractivity contribution in [3.8, 4) is 5.75 Å². The smallest absolute Gasteiger partial charge is 0.324 e. The van der Waals surface area contributed by atoms with Gasteiger partial charge < -0.3 is 16.2 Å². The van der Waals surface area contributed by atoms with Crippen LogP contribution in [0.1, 0.15) is 10.4 Å². The summed E-state index contributed by atoms with van der Waals surface area (Å²) in [6.45, 7) is 0. The molecule has 0 aliphatic carbocycles. The summed E-state index contributed by atoms with van der Waals surface area (Å²) in [4.78, 5) is 25.1. The molecular formula is C17H15N3O3S2. The Labute approximate surface area is 152 Å². The van der Waals surface area contributed by atoms with E-state index in [1.807, 2.05) is 24.5 Å². The van der Waals surface area contributed by atoms with Gasteiger partial charge in [0.2, 0.25) is 0 Å². The number of rotatable bonds is 4. The Bertz CT molecular complexity index is 969. The van der Waals surface area contributed by atoms with Crippen LogP contribution in [-0.4, -0.2) is 23.3 Å². The van der Waals surface area contributed by atoms with Gasteiger partial charge in [0.1, 0.15) is 10.8 Å². The molecule has 25 heavy (non-hydrogen) atoms. The molecular weight excluding hydrogens is 358 g/mol. The third-order valence-corrected chi connectivity index (χ3v) is 5.37. The molecule has 0 saturated carbocycles. The maximum atomic E-state index is 12.3. The lowest BCUT2D eigenvalue weighted by Gasteiger charge is -2.10. The molecule has 0 aliphatic heterocycles. The van der Waals surface area contributed by atoms with E-state index in [-0.39, 0.29) is 11.3 Å². The lowest BCUT2D eigenvalue weighted by molar-refractivity contribution is 0.100. The molecule has 3 aromatic rings. The number of amides is 3. The molecule has 6 nitrogen and oxygen atoms in total. The fourth-order valence-corrected chi connectivity index (χ4v) is 4.11. The number of benzene rings is 2. The molecule has 0 aliphatic rings. The maximum absolute atomic E-state index is 12.3. The van der Waals surface area contributed by atoms with Crippen LogP contribution < -0.4 is 16.4 Å². The normalized spacial score (nSPS) is 10.6. The Kier molecular flexibility index (Phi) is 4.82. The number of phenols is 1. The van der Waals surface area contributed by atoms with Gasteiger partial charge in [0.15, 0.2) is 0 Å². The van der Waals surface area contributed by atoms with Crippen LogP contribution in [0.15, 0.2) is 47.4 Å². The van der Waals surface area contributed by atoms with Crippen LogP contribution in [0.2, 0.25) is 0 Å². The lowest BCUT2D eigenvalue weighted by atomic mass is 10.1. The minimum Gasteiger partial charge on any atom is -0.508 e. The summed E-state index contributed by atoms with van der Waals surface area (Å²) in [7, 11) is 0. The van der Waals surface area contributed by atoms with E-state index in [2.05, 4.69) is 10.6 Å². The molecule has 0 saturated heterocycles. The Morgan fingerprint density at radius 2 is 1.92 bits per heavy atom. The Hall–Kier alpha value is -2.71. The molecule has 0 unspecified atom stereocenters.